The van der Waals surface area contributed by atoms with E-state index < -0.39 is 0 Å². The van der Waals surface area contributed by atoms with E-state index in [0.29, 0.717) is 6.10 Å². The first-order valence-electron chi connectivity index (χ1n) is 9.58. The molecular weight excluding hydrogens is 256 g/mol. The summed E-state index contributed by atoms with van der Waals surface area (Å²) in [5.74, 6) is 2.55. The van der Waals surface area contributed by atoms with Gasteiger partial charge in [-0.3, -0.25) is 0 Å². The smallest absolute Gasteiger partial charge is 0.0795 e. The van der Waals surface area contributed by atoms with Crippen molar-refractivity contribution in [3.05, 3.63) is 11.6 Å². The van der Waals surface area contributed by atoms with Crippen LogP contribution in [0.1, 0.15) is 85.0 Å². The minimum Gasteiger partial charge on any atom is -0.367 e. The van der Waals surface area contributed by atoms with Crippen LogP contribution in [0.25, 0.3) is 0 Å². The average molecular weight is 290 g/mol. The molecule has 1 heteroatoms. The first-order chi connectivity index (χ1) is 10.2. The summed E-state index contributed by atoms with van der Waals surface area (Å²) in [4.78, 5) is 0. The molecule has 1 saturated carbocycles. The lowest BCUT2D eigenvalue weighted by Crippen LogP contribution is -2.55. The highest BCUT2D eigenvalue weighted by Gasteiger charge is 2.52. The van der Waals surface area contributed by atoms with Gasteiger partial charge >= 0.3 is 0 Å². The molecule has 0 amide bonds. The Morgan fingerprint density at radius 3 is 2.62 bits per heavy atom. The van der Waals surface area contributed by atoms with E-state index in [0.717, 1.165) is 17.8 Å². The van der Waals surface area contributed by atoms with Gasteiger partial charge in [0, 0.05) is 0 Å². The van der Waals surface area contributed by atoms with Gasteiger partial charge in [0.05, 0.1) is 11.7 Å². The minimum atomic E-state index is 0.202. The first-order valence-corrected chi connectivity index (χ1v) is 9.58. The van der Waals surface area contributed by atoms with E-state index in [9.17, 15) is 0 Å². The van der Waals surface area contributed by atoms with E-state index >= 15 is 0 Å². The maximum atomic E-state index is 6.90. The van der Waals surface area contributed by atoms with Crippen LogP contribution in [0.2, 0.25) is 0 Å². The zero-order valence-corrected chi connectivity index (χ0v) is 14.4. The van der Waals surface area contributed by atoms with Gasteiger partial charge in [0.2, 0.25) is 0 Å². The van der Waals surface area contributed by atoms with E-state index in [1.807, 2.05) is 0 Å². The summed E-state index contributed by atoms with van der Waals surface area (Å²) >= 11 is 0. The third kappa shape index (κ3) is 2.83. The monoisotopic (exact) mass is 290 g/mol. The van der Waals surface area contributed by atoms with Gasteiger partial charge in [-0.1, -0.05) is 46.1 Å². The van der Waals surface area contributed by atoms with Crippen LogP contribution >= 0.6 is 0 Å². The van der Waals surface area contributed by atoms with Gasteiger partial charge in [0.25, 0.3) is 0 Å². The maximum Gasteiger partial charge on any atom is 0.0795 e. The van der Waals surface area contributed by atoms with Crippen LogP contribution in [-0.2, 0) is 4.74 Å². The molecule has 0 aromatic carbocycles. The molecule has 2 aliphatic carbocycles. The van der Waals surface area contributed by atoms with Crippen LogP contribution in [-0.4, -0.2) is 11.7 Å². The molecule has 0 bridgehead atoms. The van der Waals surface area contributed by atoms with Crippen LogP contribution in [0.15, 0.2) is 11.6 Å². The number of ether oxygens (including phenoxy) is 1. The largest absolute Gasteiger partial charge is 0.367 e. The number of fused-ring (bicyclic) bond motifs is 3. The van der Waals surface area contributed by atoms with Gasteiger partial charge in [0.15, 0.2) is 0 Å². The number of rotatable bonds is 4. The van der Waals surface area contributed by atoms with Crippen molar-refractivity contribution in [1.29, 1.82) is 0 Å². The molecule has 0 spiro atoms. The molecule has 1 saturated heterocycles. The van der Waals surface area contributed by atoms with Crippen molar-refractivity contribution in [2.24, 2.45) is 17.8 Å². The second-order valence-electron chi connectivity index (χ2n) is 7.94. The van der Waals surface area contributed by atoms with Gasteiger partial charge in [-0.15, -0.1) is 0 Å². The summed E-state index contributed by atoms with van der Waals surface area (Å²) in [6.07, 6.45) is 16.2. The van der Waals surface area contributed by atoms with Gasteiger partial charge < -0.3 is 4.74 Å². The normalized spacial score (nSPS) is 38.3. The fraction of sp³-hybridized carbons (Fsp3) is 0.900. The Hall–Kier alpha value is -0.300. The molecule has 1 heterocycles. The quantitative estimate of drug-likeness (QED) is 0.587. The summed E-state index contributed by atoms with van der Waals surface area (Å²) < 4.78 is 6.90. The van der Waals surface area contributed by atoms with Crippen molar-refractivity contribution in [1.82, 2.24) is 0 Å². The summed E-state index contributed by atoms with van der Waals surface area (Å²) in [6, 6.07) is 0. The summed E-state index contributed by atoms with van der Waals surface area (Å²) in [7, 11) is 0. The lowest BCUT2D eigenvalue weighted by atomic mass is 9.59. The summed E-state index contributed by atoms with van der Waals surface area (Å²) in [6.45, 7) is 7.15. The molecule has 1 aliphatic heterocycles. The fourth-order valence-electron chi connectivity index (χ4n) is 5.60. The van der Waals surface area contributed by atoms with Crippen LogP contribution in [0, 0.1) is 17.8 Å². The molecule has 0 radical (unpaired) electrons. The Balaban J connectivity index is 1.94. The minimum absolute atomic E-state index is 0.202. The third-order valence-electron chi connectivity index (χ3n) is 6.36. The van der Waals surface area contributed by atoms with E-state index in [1.165, 1.54) is 64.2 Å². The van der Waals surface area contributed by atoms with Crippen LogP contribution in [0.3, 0.4) is 0 Å². The molecule has 4 unspecified atom stereocenters. The lowest BCUT2D eigenvalue weighted by Gasteiger charge is -2.56. The molecular formula is C20H34O. The number of hydrogen-bond donors (Lipinski definition) is 0. The Kier molecular flexibility index (Phi) is 4.78. The maximum absolute atomic E-state index is 6.90. The second-order valence-corrected chi connectivity index (χ2v) is 7.94. The molecule has 2 fully saturated rings. The van der Waals surface area contributed by atoms with Crippen LogP contribution in [0.4, 0.5) is 0 Å². The molecule has 3 rings (SSSR count). The SMILES string of the molecule is CCCC1(CCC)OC2CCCC=C2C2CC(C)CCC21. The number of hydrogen-bond acceptors (Lipinski definition) is 1. The molecule has 1 nitrogen and oxygen atoms in total. The van der Waals surface area contributed by atoms with E-state index in [1.54, 1.807) is 5.57 Å². The van der Waals surface area contributed by atoms with Crippen LogP contribution in [0.5, 0.6) is 0 Å². The molecule has 0 N–H and O–H groups in total. The molecule has 120 valence electrons. The van der Waals surface area contributed by atoms with Crippen molar-refractivity contribution < 1.29 is 4.74 Å². The molecule has 21 heavy (non-hydrogen) atoms. The van der Waals surface area contributed by atoms with Crippen molar-refractivity contribution in [2.75, 3.05) is 0 Å². The highest BCUT2D eigenvalue weighted by molar-refractivity contribution is 5.23. The average Bonchev–Trinajstić information content (AvgIpc) is 2.48. The topological polar surface area (TPSA) is 9.23 Å². The second kappa shape index (κ2) is 6.44. The van der Waals surface area contributed by atoms with Gasteiger partial charge in [-0.25, -0.2) is 0 Å². The highest BCUT2D eigenvalue weighted by Crippen LogP contribution is 2.54. The Morgan fingerprint density at radius 2 is 1.90 bits per heavy atom. The van der Waals surface area contributed by atoms with E-state index in [-0.39, 0.29) is 5.60 Å². The predicted molar refractivity (Wildman–Crippen MR) is 89.3 cm³/mol. The fourth-order valence-corrected chi connectivity index (χ4v) is 5.60. The summed E-state index contributed by atoms with van der Waals surface area (Å²) in [5, 5.41) is 0. The lowest BCUT2D eigenvalue weighted by molar-refractivity contribution is -0.179. The van der Waals surface area contributed by atoms with Crippen molar-refractivity contribution in [3.63, 3.8) is 0 Å². The standard InChI is InChI=1S/C20H34O/c1-4-12-20(13-5-2)18-11-10-15(3)14-17(18)16-8-6-7-9-19(16)21-20/h8,15,17-19H,4-7,9-14H2,1-3H3. The molecule has 0 aromatic rings. The van der Waals surface area contributed by atoms with Crippen LogP contribution < -0.4 is 0 Å². The first kappa shape index (κ1) is 15.6. The van der Waals surface area contributed by atoms with Gasteiger partial charge in [-0.05, 0) is 68.3 Å². The number of allylic oxidation sites excluding steroid dienone is 1. The predicted octanol–water partition coefficient (Wildman–Crippen LogP) is 5.89. The van der Waals surface area contributed by atoms with E-state index in [2.05, 4.69) is 26.8 Å². The van der Waals surface area contributed by atoms with E-state index in [4.69, 9.17) is 4.74 Å². The van der Waals surface area contributed by atoms with Gasteiger partial charge in [0.1, 0.15) is 0 Å². The molecule has 4 atom stereocenters. The summed E-state index contributed by atoms with van der Waals surface area (Å²) in [5.41, 5.74) is 1.91. The Bertz CT molecular complexity index is 377. The van der Waals surface area contributed by atoms with Crippen molar-refractivity contribution in [2.45, 2.75) is 96.7 Å². The molecule has 3 aliphatic rings. The third-order valence-corrected chi connectivity index (χ3v) is 6.36. The molecule has 0 aromatic heterocycles. The van der Waals surface area contributed by atoms with Crippen molar-refractivity contribution >= 4 is 0 Å². The van der Waals surface area contributed by atoms with Crippen molar-refractivity contribution in [3.8, 4) is 0 Å². The Labute approximate surface area is 131 Å². The van der Waals surface area contributed by atoms with Gasteiger partial charge in [-0.2, -0.15) is 0 Å². The Morgan fingerprint density at radius 1 is 1.14 bits per heavy atom. The highest BCUT2D eigenvalue weighted by atomic mass is 16.5. The zero-order chi connectivity index (χ0) is 14.9. The zero-order valence-electron chi connectivity index (χ0n) is 14.4.